The van der Waals surface area contributed by atoms with E-state index in [0.29, 0.717) is 6.54 Å². The largest absolute Gasteiger partial charge is 0.342 e. The first-order valence-corrected chi connectivity index (χ1v) is 9.15. The van der Waals surface area contributed by atoms with E-state index in [4.69, 9.17) is 0 Å². The second kappa shape index (κ2) is 5.96. The molecule has 2 fully saturated rings. The number of fused-ring (bicyclic) bond motifs is 1. The van der Waals surface area contributed by atoms with Crippen molar-refractivity contribution in [3.8, 4) is 0 Å². The summed E-state index contributed by atoms with van der Waals surface area (Å²) in [5.74, 6) is 0.428. The lowest BCUT2D eigenvalue weighted by atomic mass is 9.96. The van der Waals surface area contributed by atoms with Crippen LogP contribution in [0, 0.1) is 11.8 Å². The van der Waals surface area contributed by atoms with Gasteiger partial charge in [0.25, 0.3) is 0 Å². The van der Waals surface area contributed by atoms with Gasteiger partial charge in [0.05, 0.1) is 5.92 Å². The Bertz CT molecular complexity index is 750. The van der Waals surface area contributed by atoms with Crippen molar-refractivity contribution in [2.75, 3.05) is 18.4 Å². The number of anilines is 1. The van der Waals surface area contributed by atoms with Gasteiger partial charge in [0.2, 0.25) is 11.8 Å². The molecule has 4 rings (SSSR count). The van der Waals surface area contributed by atoms with E-state index in [1.807, 2.05) is 23.1 Å². The molecule has 2 amide bonds. The maximum Gasteiger partial charge on any atom is 0.229 e. The summed E-state index contributed by atoms with van der Waals surface area (Å²) in [5, 5.41) is 6.23. The Labute approximate surface area is 139 Å². The van der Waals surface area contributed by atoms with E-state index in [1.165, 1.54) is 4.70 Å². The minimum absolute atomic E-state index is 0.0351. The van der Waals surface area contributed by atoms with Gasteiger partial charge in [-0.15, -0.1) is 11.3 Å². The first-order valence-electron chi connectivity index (χ1n) is 8.27. The maximum atomic E-state index is 12.5. The zero-order valence-corrected chi connectivity index (χ0v) is 13.8. The summed E-state index contributed by atoms with van der Waals surface area (Å²) in [6.07, 6.45) is 3.82. The Morgan fingerprint density at radius 1 is 1.13 bits per heavy atom. The predicted molar refractivity (Wildman–Crippen MR) is 92.5 cm³/mol. The van der Waals surface area contributed by atoms with E-state index >= 15 is 0 Å². The van der Waals surface area contributed by atoms with Crippen LogP contribution in [-0.2, 0) is 9.59 Å². The number of likely N-dealkylation sites (tertiary alicyclic amines) is 1. The average Bonchev–Trinajstić information content (AvgIpc) is 3.32. The molecule has 2 heterocycles. The fraction of sp³-hybridized carbons (Fsp3) is 0.444. The van der Waals surface area contributed by atoms with Gasteiger partial charge in [0, 0.05) is 29.4 Å². The number of hydrogen-bond donors (Lipinski definition) is 1. The number of nitrogens with zero attached hydrogens (tertiary/aromatic N) is 1. The number of hydrogen-bond acceptors (Lipinski definition) is 3. The van der Waals surface area contributed by atoms with Crippen molar-refractivity contribution in [3.05, 3.63) is 29.6 Å². The molecule has 1 aliphatic carbocycles. The zero-order chi connectivity index (χ0) is 15.8. The third-order valence-electron chi connectivity index (χ3n) is 4.75. The number of piperidine rings is 1. The third kappa shape index (κ3) is 3.11. The van der Waals surface area contributed by atoms with Gasteiger partial charge in [-0.1, -0.05) is 0 Å². The quantitative estimate of drug-likeness (QED) is 0.937. The molecular formula is C18H20N2O2S. The van der Waals surface area contributed by atoms with E-state index in [9.17, 15) is 9.59 Å². The summed E-state index contributed by atoms with van der Waals surface area (Å²) in [4.78, 5) is 26.6. The van der Waals surface area contributed by atoms with Crippen LogP contribution in [0.5, 0.6) is 0 Å². The van der Waals surface area contributed by atoms with Crippen LogP contribution in [0.15, 0.2) is 29.6 Å². The number of rotatable bonds is 3. The van der Waals surface area contributed by atoms with Gasteiger partial charge in [0.1, 0.15) is 0 Å². The molecule has 1 aliphatic heterocycles. The van der Waals surface area contributed by atoms with Crippen molar-refractivity contribution in [1.29, 1.82) is 0 Å². The van der Waals surface area contributed by atoms with Gasteiger partial charge in [0.15, 0.2) is 0 Å². The van der Waals surface area contributed by atoms with Crippen LogP contribution in [0.4, 0.5) is 5.69 Å². The zero-order valence-electron chi connectivity index (χ0n) is 13.0. The van der Waals surface area contributed by atoms with Crippen LogP contribution in [0.25, 0.3) is 10.1 Å². The van der Waals surface area contributed by atoms with Crippen molar-refractivity contribution in [2.45, 2.75) is 25.7 Å². The summed E-state index contributed by atoms with van der Waals surface area (Å²) >= 11 is 1.70. The lowest BCUT2D eigenvalue weighted by Gasteiger charge is -2.32. The van der Waals surface area contributed by atoms with Gasteiger partial charge in [-0.25, -0.2) is 0 Å². The van der Waals surface area contributed by atoms with Gasteiger partial charge >= 0.3 is 0 Å². The van der Waals surface area contributed by atoms with Gasteiger partial charge < -0.3 is 10.2 Å². The molecule has 1 saturated heterocycles. The van der Waals surface area contributed by atoms with Crippen LogP contribution in [0.2, 0.25) is 0 Å². The SMILES string of the molecule is O=C(Nc1ccc2sccc2c1)[C@H]1CCCN(C(=O)C2CC2)C1. The first kappa shape index (κ1) is 14.7. The standard InChI is InChI=1S/C18H20N2O2S/c21-17(19-15-5-6-16-13(10-15)7-9-23-16)14-2-1-8-20(11-14)18(22)12-3-4-12/h5-7,9-10,12,14H,1-4,8,11H2,(H,19,21)/t14-/m0/s1. The number of nitrogens with one attached hydrogen (secondary N) is 1. The van der Waals surface area contributed by atoms with Crippen molar-refractivity contribution in [1.82, 2.24) is 4.90 Å². The van der Waals surface area contributed by atoms with E-state index in [1.54, 1.807) is 11.3 Å². The maximum absolute atomic E-state index is 12.5. The molecule has 2 aliphatic rings. The van der Waals surface area contributed by atoms with Crippen molar-refractivity contribution in [2.24, 2.45) is 11.8 Å². The molecule has 1 N–H and O–H groups in total. The number of thiophene rings is 1. The van der Waals surface area contributed by atoms with E-state index in [2.05, 4.69) is 16.8 Å². The minimum Gasteiger partial charge on any atom is -0.342 e. The molecular weight excluding hydrogens is 308 g/mol. The highest BCUT2D eigenvalue weighted by molar-refractivity contribution is 7.17. The Hall–Kier alpha value is -1.88. The average molecular weight is 328 g/mol. The molecule has 23 heavy (non-hydrogen) atoms. The Morgan fingerprint density at radius 2 is 2.00 bits per heavy atom. The lowest BCUT2D eigenvalue weighted by Crippen LogP contribution is -2.44. The summed E-state index contributed by atoms with van der Waals surface area (Å²) in [6.45, 7) is 1.38. The molecule has 4 nitrogen and oxygen atoms in total. The molecule has 0 bridgehead atoms. The molecule has 120 valence electrons. The molecule has 5 heteroatoms. The number of benzene rings is 1. The third-order valence-corrected chi connectivity index (χ3v) is 5.65. The molecule has 2 aromatic rings. The number of amides is 2. The van der Waals surface area contributed by atoms with Crippen molar-refractivity contribution >= 4 is 38.9 Å². The van der Waals surface area contributed by atoms with Crippen molar-refractivity contribution < 1.29 is 9.59 Å². The smallest absolute Gasteiger partial charge is 0.229 e. The molecule has 0 radical (unpaired) electrons. The van der Waals surface area contributed by atoms with Crippen LogP contribution >= 0.6 is 11.3 Å². The molecule has 0 spiro atoms. The second-order valence-corrected chi connectivity index (χ2v) is 7.51. The summed E-state index contributed by atoms with van der Waals surface area (Å²) in [6, 6.07) is 8.07. The molecule has 1 atom stereocenters. The fourth-order valence-electron chi connectivity index (χ4n) is 3.27. The predicted octanol–water partition coefficient (Wildman–Crippen LogP) is 3.49. The van der Waals surface area contributed by atoms with E-state index in [-0.39, 0.29) is 23.7 Å². The topological polar surface area (TPSA) is 49.4 Å². The highest BCUT2D eigenvalue weighted by Crippen LogP contribution is 2.32. The highest BCUT2D eigenvalue weighted by atomic mass is 32.1. The summed E-state index contributed by atoms with van der Waals surface area (Å²) in [5.41, 5.74) is 0.839. The van der Waals surface area contributed by atoms with Crippen LogP contribution < -0.4 is 5.32 Å². The van der Waals surface area contributed by atoms with Gasteiger partial charge in [-0.3, -0.25) is 9.59 Å². The van der Waals surface area contributed by atoms with E-state index < -0.39 is 0 Å². The molecule has 0 unspecified atom stereocenters. The van der Waals surface area contributed by atoms with Gasteiger partial charge in [-0.05, 0) is 60.7 Å². The van der Waals surface area contributed by atoms with Crippen LogP contribution in [-0.4, -0.2) is 29.8 Å². The summed E-state index contributed by atoms with van der Waals surface area (Å²) < 4.78 is 1.22. The summed E-state index contributed by atoms with van der Waals surface area (Å²) in [7, 11) is 0. The molecule has 1 aromatic heterocycles. The molecule has 1 saturated carbocycles. The Kier molecular flexibility index (Phi) is 3.81. The normalized spacial score (nSPS) is 21.4. The van der Waals surface area contributed by atoms with Crippen LogP contribution in [0.3, 0.4) is 0 Å². The Morgan fingerprint density at radius 3 is 2.83 bits per heavy atom. The van der Waals surface area contributed by atoms with Crippen LogP contribution in [0.1, 0.15) is 25.7 Å². The monoisotopic (exact) mass is 328 g/mol. The number of carbonyl (C=O) groups is 2. The highest BCUT2D eigenvalue weighted by Gasteiger charge is 2.36. The molecule has 1 aromatic carbocycles. The van der Waals surface area contributed by atoms with E-state index in [0.717, 1.165) is 43.3 Å². The van der Waals surface area contributed by atoms with Crippen molar-refractivity contribution in [3.63, 3.8) is 0 Å². The minimum atomic E-state index is -0.0929. The first-order chi connectivity index (χ1) is 11.2. The fourth-order valence-corrected chi connectivity index (χ4v) is 4.04. The lowest BCUT2D eigenvalue weighted by molar-refractivity contribution is -0.135. The second-order valence-electron chi connectivity index (χ2n) is 6.56. The Balaban J connectivity index is 1.42. The number of carbonyl (C=O) groups excluding carboxylic acids is 2. The van der Waals surface area contributed by atoms with Gasteiger partial charge in [-0.2, -0.15) is 0 Å².